The first-order chi connectivity index (χ1) is 20.6. The first kappa shape index (κ1) is 34.6. The Kier molecular flexibility index (Phi) is 8.63. The molecule has 45 heavy (non-hydrogen) atoms. The first-order valence-corrected chi connectivity index (χ1v) is 15.2. The molecule has 0 aromatic rings. The first-order valence-electron chi connectivity index (χ1n) is 15.2. The second kappa shape index (κ2) is 11.2. The minimum Gasteiger partial charge on any atom is -0.461 e. The molecule has 2 bridgehead atoms. The number of carbonyl (C=O) groups excluding carboxylic acids is 6. The molecule has 4 rings (SSSR count). The van der Waals surface area contributed by atoms with Crippen molar-refractivity contribution in [1.82, 2.24) is 0 Å². The number of carbonyl (C=O) groups is 6. The Hall–Kier alpha value is -3.26. The number of ether oxygens (including phenoxy) is 6. The van der Waals surface area contributed by atoms with E-state index >= 15 is 0 Å². The van der Waals surface area contributed by atoms with E-state index in [0.29, 0.717) is 0 Å². The quantitative estimate of drug-likeness (QED) is 0.298. The maximum atomic E-state index is 13.1. The van der Waals surface area contributed by atoms with E-state index in [1.54, 1.807) is 6.92 Å². The Balaban J connectivity index is 2.24. The molecule has 0 aromatic carbocycles. The van der Waals surface area contributed by atoms with Crippen LogP contribution in [0.3, 0.4) is 0 Å². The fraction of sp³-hybridized carbons (Fsp3) is 0.806. The predicted molar refractivity (Wildman–Crippen MR) is 150 cm³/mol. The maximum Gasteiger partial charge on any atom is 0.307 e. The summed E-state index contributed by atoms with van der Waals surface area (Å²) in [6.45, 7) is 11.5. The van der Waals surface area contributed by atoms with Crippen molar-refractivity contribution in [2.45, 2.75) is 135 Å². The molecule has 1 aliphatic heterocycles. The van der Waals surface area contributed by atoms with Gasteiger partial charge in [0, 0.05) is 51.9 Å². The number of fused-ring (bicyclic) bond motifs is 2. The van der Waals surface area contributed by atoms with Crippen LogP contribution in [0.4, 0.5) is 0 Å². The third-order valence-electron chi connectivity index (χ3n) is 10.4. The molecular formula is C31H44O14. The van der Waals surface area contributed by atoms with Gasteiger partial charge in [-0.1, -0.05) is 6.92 Å². The lowest BCUT2D eigenvalue weighted by atomic mass is 9.55. The largest absolute Gasteiger partial charge is 0.461 e. The fourth-order valence-corrected chi connectivity index (χ4v) is 9.26. The Morgan fingerprint density at radius 3 is 1.89 bits per heavy atom. The van der Waals surface area contributed by atoms with Crippen LogP contribution >= 0.6 is 0 Å². The van der Waals surface area contributed by atoms with E-state index in [9.17, 15) is 39.0 Å². The highest BCUT2D eigenvalue weighted by Crippen LogP contribution is 2.71. The predicted octanol–water partition coefficient (Wildman–Crippen LogP) is 1.29. The number of hydrogen-bond donors (Lipinski definition) is 2. The van der Waals surface area contributed by atoms with Gasteiger partial charge in [-0.25, -0.2) is 0 Å². The van der Waals surface area contributed by atoms with Gasteiger partial charge in [-0.15, -0.1) is 0 Å². The number of hydrogen-bond acceptors (Lipinski definition) is 14. The van der Waals surface area contributed by atoms with Crippen LogP contribution in [0.5, 0.6) is 0 Å². The Morgan fingerprint density at radius 2 is 1.40 bits per heavy atom. The van der Waals surface area contributed by atoms with Crippen molar-refractivity contribution in [3.05, 3.63) is 0 Å². The SMILES string of the molecule is CCC(=O)OC1C2CCC3C(C)(O)C4CC(=O)OC4(C(C)(C)O)C(OC(C)=O)C(OC(C)=O)C13C(OC(C)=O)C2(C)OC(C)=O. The van der Waals surface area contributed by atoms with Crippen molar-refractivity contribution in [3.63, 3.8) is 0 Å². The lowest BCUT2D eigenvalue weighted by Gasteiger charge is -2.54. The molecule has 4 aliphatic rings. The third-order valence-corrected chi connectivity index (χ3v) is 10.4. The van der Waals surface area contributed by atoms with Gasteiger partial charge >= 0.3 is 35.8 Å². The molecule has 11 unspecified atom stereocenters. The number of esters is 6. The molecule has 3 aliphatic carbocycles. The molecule has 4 fully saturated rings. The summed E-state index contributed by atoms with van der Waals surface area (Å²) < 4.78 is 35.9. The summed E-state index contributed by atoms with van der Waals surface area (Å²) in [5.74, 6) is -8.24. The van der Waals surface area contributed by atoms with Gasteiger partial charge in [-0.05, 0) is 40.5 Å². The molecule has 0 aromatic heterocycles. The van der Waals surface area contributed by atoms with Crippen molar-refractivity contribution in [2.75, 3.05) is 0 Å². The molecule has 1 heterocycles. The molecule has 3 saturated carbocycles. The third kappa shape index (κ3) is 4.99. The van der Waals surface area contributed by atoms with Crippen LogP contribution in [0, 0.1) is 23.2 Å². The molecule has 1 saturated heterocycles. The standard InChI is InChI=1S/C31H44O14/c1-10-21(36)43-23-18-11-12-19-28(8,39)20-13-22(37)45-31(20,27(6,7)38)25(41-15(3)33)24(40-14(2)32)30(19,23)26(42-16(4)34)29(18,9)44-17(5)35/h18-20,23-26,38-39H,10-13H2,1-9H3. The highest BCUT2D eigenvalue weighted by molar-refractivity contribution is 5.75. The minimum absolute atomic E-state index is 0.0949. The highest BCUT2D eigenvalue weighted by Gasteiger charge is 2.86. The van der Waals surface area contributed by atoms with E-state index in [1.165, 1.54) is 27.7 Å². The zero-order valence-electron chi connectivity index (χ0n) is 27.2. The molecule has 252 valence electrons. The van der Waals surface area contributed by atoms with Crippen LogP contribution in [0.15, 0.2) is 0 Å². The molecule has 0 amide bonds. The summed E-state index contributed by atoms with van der Waals surface area (Å²) in [5, 5.41) is 24.6. The van der Waals surface area contributed by atoms with Crippen LogP contribution in [0.2, 0.25) is 0 Å². The molecule has 11 atom stereocenters. The summed E-state index contributed by atoms with van der Waals surface area (Å²) in [6, 6.07) is 0. The zero-order chi connectivity index (χ0) is 34.1. The lowest BCUT2D eigenvalue weighted by molar-refractivity contribution is -0.265. The van der Waals surface area contributed by atoms with Gasteiger partial charge in [0.25, 0.3) is 0 Å². The van der Waals surface area contributed by atoms with E-state index in [-0.39, 0.29) is 19.3 Å². The fourth-order valence-electron chi connectivity index (χ4n) is 9.26. The minimum atomic E-state index is -2.23. The van der Waals surface area contributed by atoms with Gasteiger partial charge < -0.3 is 38.6 Å². The Labute approximate surface area is 261 Å². The second-order valence-electron chi connectivity index (χ2n) is 13.6. The van der Waals surface area contributed by atoms with Crippen LogP contribution < -0.4 is 0 Å². The molecule has 0 radical (unpaired) electrons. The van der Waals surface area contributed by atoms with E-state index in [2.05, 4.69) is 0 Å². The average Bonchev–Trinajstić information content (AvgIpc) is 3.29. The summed E-state index contributed by atoms with van der Waals surface area (Å²) in [6.07, 6.45) is -6.83. The van der Waals surface area contributed by atoms with Gasteiger partial charge in [-0.2, -0.15) is 0 Å². The summed E-state index contributed by atoms with van der Waals surface area (Å²) in [4.78, 5) is 77.7. The van der Waals surface area contributed by atoms with E-state index in [1.807, 2.05) is 0 Å². The number of rotatable bonds is 7. The van der Waals surface area contributed by atoms with E-state index in [4.69, 9.17) is 28.4 Å². The molecule has 14 nitrogen and oxygen atoms in total. The van der Waals surface area contributed by atoms with Crippen molar-refractivity contribution in [2.24, 2.45) is 23.2 Å². The highest BCUT2D eigenvalue weighted by atomic mass is 16.6. The topological polar surface area (TPSA) is 198 Å². The van der Waals surface area contributed by atoms with Gasteiger partial charge in [0.1, 0.15) is 11.7 Å². The normalized spacial score (nSPS) is 41.8. The zero-order valence-corrected chi connectivity index (χ0v) is 27.2. The van der Waals surface area contributed by atoms with Crippen LogP contribution in [0.1, 0.15) is 88.0 Å². The monoisotopic (exact) mass is 640 g/mol. The molecule has 2 N–H and O–H groups in total. The van der Waals surface area contributed by atoms with Crippen LogP contribution in [-0.4, -0.2) is 92.8 Å². The van der Waals surface area contributed by atoms with Crippen molar-refractivity contribution >= 4 is 35.8 Å². The van der Waals surface area contributed by atoms with Gasteiger partial charge in [0.05, 0.1) is 17.4 Å². The lowest BCUT2D eigenvalue weighted by Crippen LogP contribution is -2.70. The van der Waals surface area contributed by atoms with Gasteiger partial charge in [0.2, 0.25) is 0 Å². The van der Waals surface area contributed by atoms with E-state index < -0.39 is 112 Å². The molecule has 1 spiro atoms. The summed E-state index contributed by atoms with van der Waals surface area (Å²) in [5.41, 5.74) is -10.0. The molecule has 14 heteroatoms. The Morgan fingerprint density at radius 1 is 0.844 bits per heavy atom. The van der Waals surface area contributed by atoms with Gasteiger partial charge in [-0.3, -0.25) is 28.8 Å². The summed E-state index contributed by atoms with van der Waals surface area (Å²) in [7, 11) is 0. The second-order valence-corrected chi connectivity index (χ2v) is 13.6. The van der Waals surface area contributed by atoms with E-state index in [0.717, 1.165) is 27.7 Å². The average molecular weight is 641 g/mol. The Bertz CT molecular complexity index is 1280. The summed E-state index contributed by atoms with van der Waals surface area (Å²) >= 11 is 0. The van der Waals surface area contributed by atoms with Crippen LogP contribution in [-0.2, 0) is 57.2 Å². The number of aliphatic hydroxyl groups is 2. The van der Waals surface area contributed by atoms with Crippen molar-refractivity contribution < 1.29 is 67.4 Å². The van der Waals surface area contributed by atoms with Gasteiger partial charge in [0.15, 0.2) is 29.5 Å². The van der Waals surface area contributed by atoms with Crippen molar-refractivity contribution in [1.29, 1.82) is 0 Å². The smallest absolute Gasteiger partial charge is 0.307 e. The molecular weight excluding hydrogens is 596 g/mol. The van der Waals surface area contributed by atoms with Crippen LogP contribution in [0.25, 0.3) is 0 Å². The van der Waals surface area contributed by atoms with Crippen molar-refractivity contribution in [3.8, 4) is 0 Å². The maximum absolute atomic E-state index is 13.1.